The van der Waals surface area contributed by atoms with E-state index in [0.717, 1.165) is 37.6 Å². The normalized spacial score (nSPS) is 23.7. The molecule has 0 unspecified atom stereocenters. The van der Waals surface area contributed by atoms with E-state index in [2.05, 4.69) is 31.1 Å². The third-order valence-corrected chi connectivity index (χ3v) is 5.20. The average molecular weight is 314 g/mol. The van der Waals surface area contributed by atoms with Crippen LogP contribution in [0.15, 0.2) is 0 Å². The van der Waals surface area contributed by atoms with Crippen molar-refractivity contribution in [3.05, 3.63) is 11.6 Å². The Bertz CT molecular complexity index is 669. The molecule has 122 valence electrons. The Morgan fingerprint density at radius 3 is 2.78 bits per heavy atom. The molecule has 1 N–H and O–H groups in total. The van der Waals surface area contributed by atoms with Crippen LogP contribution >= 0.6 is 0 Å². The summed E-state index contributed by atoms with van der Waals surface area (Å²) in [6, 6.07) is 2.27. The van der Waals surface area contributed by atoms with Crippen molar-refractivity contribution in [3.8, 4) is 6.07 Å². The van der Waals surface area contributed by atoms with Gasteiger partial charge >= 0.3 is 0 Å². The monoisotopic (exact) mass is 314 g/mol. The maximum absolute atomic E-state index is 12.3. The van der Waals surface area contributed by atoms with Gasteiger partial charge in [-0.05, 0) is 38.5 Å². The lowest BCUT2D eigenvalue weighted by Gasteiger charge is -2.29. The van der Waals surface area contributed by atoms with Gasteiger partial charge in [0.05, 0.1) is 19.2 Å². The number of rotatable bonds is 5. The van der Waals surface area contributed by atoms with Gasteiger partial charge in [-0.25, -0.2) is 0 Å². The first kappa shape index (κ1) is 14.6. The molecule has 0 aromatic carbocycles. The Kier molecular flexibility index (Phi) is 3.38. The van der Waals surface area contributed by atoms with E-state index in [-0.39, 0.29) is 5.91 Å². The summed E-state index contributed by atoms with van der Waals surface area (Å²) in [5.74, 6) is 2.91. The van der Waals surface area contributed by atoms with Crippen molar-refractivity contribution in [2.45, 2.75) is 57.2 Å². The van der Waals surface area contributed by atoms with Gasteiger partial charge in [0.25, 0.3) is 0 Å². The molecule has 1 aromatic heterocycles. The molecule has 2 heterocycles. The van der Waals surface area contributed by atoms with E-state index >= 15 is 0 Å². The number of hydrogen-bond donors (Lipinski definition) is 1. The fourth-order valence-corrected chi connectivity index (χ4v) is 3.42. The molecule has 0 radical (unpaired) electrons. The molecular formula is C16H22N6O. The van der Waals surface area contributed by atoms with E-state index in [9.17, 15) is 10.1 Å². The Labute approximate surface area is 135 Å². The molecule has 2 fully saturated rings. The van der Waals surface area contributed by atoms with Crippen LogP contribution in [0.5, 0.6) is 0 Å². The highest BCUT2D eigenvalue weighted by molar-refractivity contribution is 5.79. The number of nitrogens with zero attached hydrogens (tertiary/aromatic N) is 5. The minimum Gasteiger partial charge on any atom is -0.337 e. The summed E-state index contributed by atoms with van der Waals surface area (Å²) in [5.41, 5.74) is -0.716. The van der Waals surface area contributed by atoms with Crippen molar-refractivity contribution in [2.24, 2.45) is 5.92 Å². The first-order valence-corrected chi connectivity index (χ1v) is 8.45. The molecule has 1 atom stereocenters. The zero-order valence-corrected chi connectivity index (χ0v) is 13.5. The van der Waals surface area contributed by atoms with Gasteiger partial charge in [0.15, 0.2) is 0 Å². The van der Waals surface area contributed by atoms with E-state index in [0.29, 0.717) is 24.9 Å². The van der Waals surface area contributed by atoms with Crippen LogP contribution in [0.4, 0.5) is 0 Å². The van der Waals surface area contributed by atoms with Crippen molar-refractivity contribution in [2.75, 3.05) is 13.1 Å². The highest BCUT2D eigenvalue weighted by Crippen LogP contribution is 2.40. The number of amides is 1. The second kappa shape index (κ2) is 5.31. The van der Waals surface area contributed by atoms with Gasteiger partial charge in [-0.3, -0.25) is 9.69 Å². The predicted molar refractivity (Wildman–Crippen MR) is 82.2 cm³/mol. The quantitative estimate of drug-likeness (QED) is 0.868. The minimum atomic E-state index is -0.716. The van der Waals surface area contributed by atoms with Crippen LogP contribution < -0.4 is 5.32 Å². The van der Waals surface area contributed by atoms with Crippen molar-refractivity contribution >= 4 is 5.91 Å². The van der Waals surface area contributed by atoms with Crippen molar-refractivity contribution < 1.29 is 4.79 Å². The molecule has 2 aliphatic carbocycles. The van der Waals surface area contributed by atoms with E-state index in [1.165, 1.54) is 12.8 Å². The molecule has 1 aromatic rings. The highest BCUT2D eigenvalue weighted by Gasteiger charge is 2.43. The molecular weight excluding hydrogens is 292 g/mol. The molecule has 2 saturated carbocycles. The van der Waals surface area contributed by atoms with Crippen molar-refractivity contribution in [3.63, 3.8) is 0 Å². The minimum absolute atomic E-state index is 0.0728. The van der Waals surface area contributed by atoms with Crippen molar-refractivity contribution in [1.82, 2.24) is 25.0 Å². The number of carbonyl (C=O) groups is 1. The lowest BCUT2D eigenvalue weighted by molar-refractivity contribution is -0.124. The SMILES string of the molecule is C[C@](C#N)(NC(=O)CN1CCn2c(nnc2C2CC2)C1)C1CC1. The number of carbonyl (C=O) groups excluding carboxylic acids is 1. The van der Waals surface area contributed by atoms with E-state index in [1.807, 2.05) is 6.92 Å². The third kappa shape index (κ3) is 2.83. The van der Waals surface area contributed by atoms with Crippen LogP contribution in [0.3, 0.4) is 0 Å². The Balaban J connectivity index is 1.36. The van der Waals surface area contributed by atoms with E-state index < -0.39 is 5.54 Å². The molecule has 0 bridgehead atoms. The van der Waals surface area contributed by atoms with Crippen LogP contribution in [-0.2, 0) is 17.9 Å². The summed E-state index contributed by atoms with van der Waals surface area (Å²) in [6.45, 7) is 4.47. The Morgan fingerprint density at radius 1 is 1.35 bits per heavy atom. The Hall–Kier alpha value is -1.94. The molecule has 7 heteroatoms. The topological polar surface area (TPSA) is 86.8 Å². The molecule has 3 aliphatic rings. The van der Waals surface area contributed by atoms with Gasteiger partial charge in [0, 0.05) is 19.0 Å². The van der Waals surface area contributed by atoms with Crippen molar-refractivity contribution in [1.29, 1.82) is 5.26 Å². The summed E-state index contributed by atoms with van der Waals surface area (Å²) < 4.78 is 2.22. The summed E-state index contributed by atoms with van der Waals surface area (Å²) in [6.07, 6.45) is 4.50. The smallest absolute Gasteiger partial charge is 0.235 e. The second-order valence-electron chi connectivity index (χ2n) is 7.25. The molecule has 23 heavy (non-hydrogen) atoms. The van der Waals surface area contributed by atoms with E-state index in [4.69, 9.17) is 0 Å². The summed E-state index contributed by atoms with van der Waals surface area (Å²) in [4.78, 5) is 14.4. The number of nitriles is 1. The van der Waals surface area contributed by atoms with E-state index in [1.54, 1.807) is 0 Å². The van der Waals surface area contributed by atoms with Crippen LogP contribution in [0.25, 0.3) is 0 Å². The van der Waals surface area contributed by atoms with Gasteiger partial charge in [-0.1, -0.05) is 0 Å². The summed E-state index contributed by atoms with van der Waals surface area (Å²) >= 11 is 0. The first-order chi connectivity index (χ1) is 11.1. The summed E-state index contributed by atoms with van der Waals surface area (Å²) in [7, 11) is 0. The fourth-order valence-electron chi connectivity index (χ4n) is 3.42. The van der Waals surface area contributed by atoms with Crippen LogP contribution in [0, 0.1) is 17.2 Å². The maximum atomic E-state index is 12.3. The zero-order chi connectivity index (χ0) is 16.0. The number of aromatic nitrogens is 3. The van der Waals surface area contributed by atoms with Crippen LogP contribution in [-0.4, -0.2) is 44.2 Å². The lowest BCUT2D eigenvalue weighted by atomic mass is 9.98. The second-order valence-corrected chi connectivity index (χ2v) is 7.25. The van der Waals surface area contributed by atoms with Gasteiger partial charge in [0.2, 0.25) is 5.91 Å². The highest BCUT2D eigenvalue weighted by atomic mass is 16.2. The number of fused-ring (bicyclic) bond motifs is 1. The Morgan fingerprint density at radius 2 is 2.13 bits per heavy atom. The van der Waals surface area contributed by atoms with Gasteiger partial charge in [-0.2, -0.15) is 5.26 Å². The molecule has 4 rings (SSSR count). The third-order valence-electron chi connectivity index (χ3n) is 5.20. The standard InChI is InChI=1S/C16H22N6O/c1-16(10-17,12-4-5-12)18-14(23)9-21-6-7-22-13(8-21)19-20-15(22)11-2-3-11/h11-12H,2-9H2,1H3,(H,18,23)/t16-/m1/s1. The zero-order valence-electron chi connectivity index (χ0n) is 13.5. The first-order valence-electron chi connectivity index (χ1n) is 8.45. The summed E-state index contributed by atoms with van der Waals surface area (Å²) in [5, 5.41) is 20.9. The molecule has 1 aliphatic heterocycles. The fraction of sp³-hybridized carbons (Fsp3) is 0.750. The maximum Gasteiger partial charge on any atom is 0.235 e. The molecule has 0 spiro atoms. The van der Waals surface area contributed by atoms with Gasteiger partial charge in [0.1, 0.15) is 17.2 Å². The average Bonchev–Trinajstić information content (AvgIpc) is 3.43. The molecule has 1 amide bonds. The molecule has 7 nitrogen and oxygen atoms in total. The largest absolute Gasteiger partial charge is 0.337 e. The lowest BCUT2D eigenvalue weighted by Crippen LogP contribution is -2.51. The number of nitrogens with one attached hydrogen (secondary N) is 1. The van der Waals surface area contributed by atoms with Gasteiger partial charge in [-0.15, -0.1) is 10.2 Å². The van der Waals surface area contributed by atoms with Gasteiger partial charge < -0.3 is 9.88 Å². The molecule has 0 saturated heterocycles. The van der Waals surface area contributed by atoms with Crippen LogP contribution in [0.1, 0.15) is 50.2 Å². The predicted octanol–water partition coefficient (Wildman–Crippen LogP) is 0.780. The van der Waals surface area contributed by atoms with Crippen LogP contribution in [0.2, 0.25) is 0 Å². The number of hydrogen-bond acceptors (Lipinski definition) is 5.